The van der Waals surface area contributed by atoms with E-state index in [0.29, 0.717) is 11.3 Å². The van der Waals surface area contributed by atoms with Crippen LogP contribution in [0.3, 0.4) is 0 Å². The minimum Gasteiger partial charge on any atom is -0.302 e. The third-order valence-corrected chi connectivity index (χ3v) is 3.24. The molecule has 1 unspecified atom stereocenters. The first-order valence-electron chi connectivity index (χ1n) is 5.87. The van der Waals surface area contributed by atoms with Crippen LogP contribution in [0.15, 0.2) is 36.0 Å². The van der Waals surface area contributed by atoms with E-state index in [1.54, 1.807) is 19.2 Å². The van der Waals surface area contributed by atoms with Crippen LogP contribution in [0, 0.1) is 29.9 Å². The summed E-state index contributed by atoms with van der Waals surface area (Å²) in [7, 11) is 0. The summed E-state index contributed by atoms with van der Waals surface area (Å²) < 4.78 is 27.5. The molecule has 0 radical (unpaired) electrons. The smallest absolute Gasteiger partial charge is 0.166 e. The number of hydrogen-bond acceptors (Lipinski definition) is 2. The second kappa shape index (κ2) is 4.88. The number of hydrogen-bond donors (Lipinski definition) is 1. The molecular weight excluding hydrogens is 246 g/mol. The highest BCUT2D eigenvalue weighted by Gasteiger charge is 2.24. The lowest BCUT2D eigenvalue weighted by molar-refractivity contribution is 0.500. The molecule has 1 atom stereocenters. The molecule has 98 valence electrons. The monoisotopic (exact) mass is 260 g/mol. The van der Waals surface area contributed by atoms with E-state index >= 15 is 0 Å². The van der Waals surface area contributed by atoms with Gasteiger partial charge in [0.2, 0.25) is 0 Å². The summed E-state index contributed by atoms with van der Waals surface area (Å²) in [4.78, 5) is 3.99. The van der Waals surface area contributed by atoms with Gasteiger partial charge in [0, 0.05) is 17.7 Å². The fourth-order valence-electron chi connectivity index (χ4n) is 1.98. The fourth-order valence-corrected chi connectivity index (χ4v) is 1.98. The minimum atomic E-state index is -0.911. The Morgan fingerprint density at radius 1 is 1.26 bits per heavy atom. The summed E-state index contributed by atoms with van der Waals surface area (Å²) in [6.07, 6.45) is 3.22. The van der Waals surface area contributed by atoms with Gasteiger partial charge in [0.25, 0.3) is 0 Å². The molecular formula is C15H14F2N2. The molecule has 1 aromatic carbocycles. The Kier molecular flexibility index (Phi) is 3.42. The lowest BCUT2D eigenvalue weighted by Gasteiger charge is -2.20. The van der Waals surface area contributed by atoms with E-state index in [4.69, 9.17) is 5.41 Å². The highest BCUT2D eigenvalue weighted by Crippen LogP contribution is 2.29. The number of aliphatic imine (C=N–C) groups is 1. The predicted octanol–water partition coefficient (Wildman–Crippen LogP) is 3.91. The molecule has 0 saturated carbocycles. The van der Waals surface area contributed by atoms with Gasteiger partial charge in [0.05, 0.1) is 11.4 Å². The van der Waals surface area contributed by atoms with Crippen molar-refractivity contribution in [1.82, 2.24) is 0 Å². The van der Waals surface area contributed by atoms with E-state index in [1.807, 2.05) is 0 Å². The van der Waals surface area contributed by atoms with Crippen LogP contribution in [0.4, 0.5) is 8.78 Å². The van der Waals surface area contributed by atoms with Crippen molar-refractivity contribution in [2.45, 2.75) is 13.8 Å². The second-order valence-corrected chi connectivity index (χ2v) is 4.53. The average molecular weight is 260 g/mol. The normalized spacial score (nSPS) is 18.4. The van der Waals surface area contributed by atoms with Gasteiger partial charge in [-0.1, -0.05) is 24.8 Å². The predicted molar refractivity (Wildman–Crippen MR) is 73.6 cm³/mol. The molecule has 0 spiro atoms. The molecule has 0 bridgehead atoms. The summed E-state index contributed by atoms with van der Waals surface area (Å²) in [5.41, 5.74) is 1.54. The van der Waals surface area contributed by atoms with Gasteiger partial charge in [-0.25, -0.2) is 8.78 Å². The zero-order chi connectivity index (χ0) is 14.2. The maximum absolute atomic E-state index is 13.9. The van der Waals surface area contributed by atoms with E-state index in [-0.39, 0.29) is 16.8 Å². The largest absolute Gasteiger partial charge is 0.302 e. The van der Waals surface area contributed by atoms with Crippen molar-refractivity contribution in [3.63, 3.8) is 0 Å². The van der Waals surface area contributed by atoms with Crippen molar-refractivity contribution in [3.05, 3.63) is 53.7 Å². The molecule has 2 rings (SSSR count). The molecule has 1 N–H and O–H groups in total. The molecule has 1 aliphatic rings. The molecule has 19 heavy (non-hydrogen) atoms. The van der Waals surface area contributed by atoms with E-state index in [0.717, 1.165) is 0 Å². The molecule has 4 heteroatoms. The highest BCUT2D eigenvalue weighted by atomic mass is 19.2. The number of nitrogens with zero attached hydrogens (tertiary/aromatic N) is 1. The summed E-state index contributed by atoms with van der Waals surface area (Å²) in [6.45, 7) is 7.02. The first kappa shape index (κ1) is 13.3. The average Bonchev–Trinajstić information content (AvgIpc) is 2.39. The van der Waals surface area contributed by atoms with Crippen molar-refractivity contribution in [1.29, 1.82) is 5.41 Å². The summed E-state index contributed by atoms with van der Waals surface area (Å²) in [6, 6.07) is 3.01. The minimum absolute atomic E-state index is 0.109. The lowest BCUT2D eigenvalue weighted by Crippen LogP contribution is -2.23. The van der Waals surface area contributed by atoms with Crippen LogP contribution >= 0.6 is 0 Å². The zero-order valence-electron chi connectivity index (χ0n) is 10.8. The van der Waals surface area contributed by atoms with Crippen LogP contribution in [-0.2, 0) is 0 Å². The van der Waals surface area contributed by atoms with Gasteiger partial charge in [-0.3, -0.25) is 4.99 Å². The molecule has 2 nitrogen and oxygen atoms in total. The van der Waals surface area contributed by atoms with Crippen LogP contribution in [0.25, 0.3) is 5.57 Å². The van der Waals surface area contributed by atoms with Crippen LogP contribution in [-0.4, -0.2) is 11.4 Å². The van der Waals surface area contributed by atoms with Crippen molar-refractivity contribution in [2.24, 2.45) is 10.9 Å². The van der Waals surface area contributed by atoms with E-state index in [2.05, 4.69) is 11.6 Å². The molecule has 0 fully saturated rings. The van der Waals surface area contributed by atoms with E-state index in [9.17, 15) is 8.78 Å². The Morgan fingerprint density at radius 3 is 2.63 bits per heavy atom. The van der Waals surface area contributed by atoms with Crippen LogP contribution in [0.5, 0.6) is 0 Å². The number of nitrogens with one attached hydrogen (secondary N) is 1. The third-order valence-electron chi connectivity index (χ3n) is 3.24. The van der Waals surface area contributed by atoms with E-state index < -0.39 is 17.6 Å². The second-order valence-electron chi connectivity index (χ2n) is 4.53. The topological polar surface area (TPSA) is 36.2 Å². The Hall–Kier alpha value is -2.10. The Morgan fingerprint density at radius 2 is 1.95 bits per heavy atom. The molecule has 1 aromatic rings. The summed E-state index contributed by atoms with van der Waals surface area (Å²) in [5, 5.41) is 7.94. The number of benzene rings is 1. The van der Waals surface area contributed by atoms with Gasteiger partial charge in [-0.05, 0) is 25.0 Å². The van der Waals surface area contributed by atoms with Crippen molar-refractivity contribution in [3.8, 4) is 0 Å². The first-order chi connectivity index (χ1) is 8.93. The molecule has 1 aliphatic heterocycles. The standard InChI is InChI=1S/C15H14F2N2/c1-8-4-5-11(14(17)13(8)16)9(2)12-6-7-19-10(3)15(12)18/h4-7,12,18H,2H2,1,3H3. The maximum atomic E-state index is 13.9. The molecule has 1 heterocycles. The fraction of sp³-hybridized carbons (Fsp3) is 0.200. The maximum Gasteiger partial charge on any atom is 0.166 e. The van der Waals surface area contributed by atoms with E-state index in [1.165, 1.54) is 19.1 Å². The van der Waals surface area contributed by atoms with Gasteiger partial charge in [-0.15, -0.1) is 0 Å². The van der Waals surface area contributed by atoms with Crippen molar-refractivity contribution in [2.75, 3.05) is 0 Å². The van der Waals surface area contributed by atoms with Gasteiger partial charge >= 0.3 is 0 Å². The van der Waals surface area contributed by atoms with Gasteiger partial charge in [0.15, 0.2) is 11.6 Å². The van der Waals surface area contributed by atoms with Crippen LogP contribution in [0.2, 0.25) is 0 Å². The summed E-state index contributed by atoms with van der Waals surface area (Å²) in [5.74, 6) is -2.24. The highest BCUT2D eigenvalue weighted by molar-refractivity contribution is 6.43. The van der Waals surface area contributed by atoms with Crippen molar-refractivity contribution < 1.29 is 8.78 Å². The Bertz CT molecular complexity index is 627. The Balaban J connectivity index is 2.41. The van der Waals surface area contributed by atoms with Gasteiger partial charge in [-0.2, -0.15) is 0 Å². The summed E-state index contributed by atoms with van der Waals surface area (Å²) >= 11 is 0. The molecule has 0 saturated heterocycles. The lowest BCUT2D eigenvalue weighted by atomic mass is 9.86. The number of rotatable bonds is 2. The quantitative estimate of drug-likeness (QED) is 0.837. The number of allylic oxidation sites excluding steroid dienone is 2. The SMILES string of the molecule is C=C(c1ccc(C)c(F)c1F)C1C=CN=C(C)C1=N. The molecule has 0 amide bonds. The van der Waals surface area contributed by atoms with Gasteiger partial charge < -0.3 is 5.41 Å². The molecule has 0 aliphatic carbocycles. The van der Waals surface area contributed by atoms with Gasteiger partial charge in [0.1, 0.15) is 0 Å². The molecule has 0 aromatic heterocycles. The van der Waals surface area contributed by atoms with Crippen LogP contribution < -0.4 is 0 Å². The first-order valence-corrected chi connectivity index (χ1v) is 5.87. The number of halogens is 2. The van der Waals surface area contributed by atoms with Crippen molar-refractivity contribution >= 4 is 17.0 Å². The Labute approximate surface area is 110 Å². The van der Waals surface area contributed by atoms with Crippen LogP contribution in [0.1, 0.15) is 18.1 Å². The zero-order valence-corrected chi connectivity index (χ0v) is 10.8. The third kappa shape index (κ3) is 2.26. The number of aryl methyl sites for hydroxylation is 1.